The third kappa shape index (κ3) is 14.7. The highest BCUT2D eigenvalue weighted by Crippen LogP contribution is 2.51. The Morgan fingerprint density at radius 3 is 0.949 bits per heavy atom. The van der Waals surface area contributed by atoms with Crippen LogP contribution in [0.4, 0.5) is 68.2 Å². The minimum absolute atomic E-state index is 0.968. The summed E-state index contributed by atoms with van der Waals surface area (Å²) in [5.74, 6) is 0. The second kappa shape index (κ2) is 34.7. The first-order valence-corrected chi connectivity index (χ1v) is 46.8. The highest BCUT2D eigenvalue weighted by Gasteiger charge is 2.27. The van der Waals surface area contributed by atoms with Gasteiger partial charge in [0.25, 0.3) is 0 Å². The van der Waals surface area contributed by atoms with Gasteiger partial charge in [0, 0.05) is 124 Å². The topological polar surface area (TPSA) is 40.6 Å². The number of hydrogen-bond acceptors (Lipinski definition) is 5. The molecule has 0 unspecified atom stereocenters. The van der Waals surface area contributed by atoms with Gasteiger partial charge in [0.1, 0.15) is 0 Å². The Morgan fingerprint density at radius 1 is 0.153 bits per heavy atom. The normalized spacial score (nSPS) is 11.5. The molecule has 0 aliphatic rings. The van der Waals surface area contributed by atoms with Crippen LogP contribution in [0.3, 0.4) is 0 Å². The maximum Gasteiger partial charge on any atom is 0.0644 e. The summed E-state index contributed by atoms with van der Waals surface area (Å²) in [6.45, 7) is 0. The Labute approximate surface area is 794 Å². The maximum absolute atomic E-state index is 4.62. The van der Waals surface area contributed by atoms with Crippen LogP contribution in [-0.4, -0.2) is 18.7 Å². The van der Waals surface area contributed by atoms with E-state index in [1.807, 2.05) is 18.5 Å². The molecule has 0 atom stereocenters. The molecule has 0 amide bonds. The molecule has 0 spiro atoms. The van der Waals surface area contributed by atoms with E-state index in [0.29, 0.717) is 0 Å². The summed E-state index contributed by atoms with van der Waals surface area (Å²) in [6.07, 6.45) is 3.78. The molecule has 26 aromatic rings. The summed E-state index contributed by atoms with van der Waals surface area (Å²) in [7, 11) is 0. The van der Waals surface area contributed by atoms with Gasteiger partial charge >= 0.3 is 0 Å². The van der Waals surface area contributed by atoms with E-state index in [1.165, 1.54) is 109 Å². The molecule has 4 aromatic heterocycles. The Kier molecular flexibility index (Phi) is 20.5. The van der Waals surface area contributed by atoms with Crippen molar-refractivity contribution in [3.8, 4) is 50.4 Å². The molecule has 4 heterocycles. The zero-order valence-electron chi connectivity index (χ0n) is 74.9. The van der Waals surface area contributed by atoms with Gasteiger partial charge in [-0.05, 0) is 283 Å². The zero-order valence-corrected chi connectivity index (χ0v) is 74.9. The van der Waals surface area contributed by atoms with Gasteiger partial charge in [0.2, 0.25) is 0 Å². The molecule has 0 radical (unpaired) electrons. The van der Waals surface area contributed by atoms with E-state index >= 15 is 0 Å². The first kappa shape index (κ1) is 80.7. The molecular formula is C129H88N8. The molecule has 0 N–H and O–H groups in total. The summed E-state index contributed by atoms with van der Waals surface area (Å²) in [6, 6.07) is 189. The summed E-state index contributed by atoms with van der Waals surface area (Å²) in [5.41, 5.74) is 29.9. The van der Waals surface area contributed by atoms with Crippen molar-refractivity contribution >= 4 is 177 Å². The molecule has 0 bridgehead atoms. The summed E-state index contributed by atoms with van der Waals surface area (Å²) in [4.78, 5) is 14.1. The second-order valence-corrected chi connectivity index (χ2v) is 35.0. The van der Waals surface area contributed by atoms with Crippen molar-refractivity contribution in [3.63, 3.8) is 0 Å². The minimum atomic E-state index is 0.968. The van der Waals surface area contributed by atoms with Crippen LogP contribution < -0.4 is 19.6 Å². The maximum atomic E-state index is 4.62. The number of para-hydroxylation sites is 8. The monoisotopic (exact) mass is 1750 g/mol. The van der Waals surface area contributed by atoms with Crippen molar-refractivity contribution in [1.29, 1.82) is 0 Å². The van der Waals surface area contributed by atoms with Gasteiger partial charge in [-0.15, -0.1) is 0 Å². The molecular weight excluding hydrogens is 1660 g/mol. The number of aromatic nitrogens is 4. The number of rotatable bonds is 18. The van der Waals surface area contributed by atoms with Crippen LogP contribution in [0.25, 0.3) is 159 Å². The van der Waals surface area contributed by atoms with Gasteiger partial charge < -0.3 is 33.3 Å². The highest BCUT2D eigenvalue weighted by molar-refractivity contribution is 6.32. The first-order chi connectivity index (χ1) is 68.0. The molecule has 8 nitrogen and oxygen atoms in total. The van der Waals surface area contributed by atoms with Crippen molar-refractivity contribution in [3.05, 3.63) is 534 Å². The van der Waals surface area contributed by atoms with Crippen LogP contribution in [0.2, 0.25) is 0 Å². The fourth-order valence-corrected chi connectivity index (χ4v) is 20.8. The van der Waals surface area contributed by atoms with Crippen LogP contribution in [0.1, 0.15) is 0 Å². The molecule has 644 valence electrons. The van der Waals surface area contributed by atoms with Crippen molar-refractivity contribution in [2.45, 2.75) is 0 Å². The Hall–Kier alpha value is -18.4. The predicted octanol–water partition coefficient (Wildman–Crippen LogP) is 35.6. The third-order valence-electron chi connectivity index (χ3n) is 26.9. The van der Waals surface area contributed by atoms with Gasteiger partial charge in [-0.2, -0.15) is 0 Å². The molecule has 8 heteroatoms. The Balaban J connectivity index is 0.000000146. The molecule has 0 saturated carbocycles. The van der Waals surface area contributed by atoms with Crippen LogP contribution in [0, 0.1) is 0 Å². The summed E-state index contributed by atoms with van der Waals surface area (Å²) < 4.78 is 7.24. The standard InChI is InChI=1S/C65H45N5.C64H43N3/c1-5-18-46(19-6-1)47-31-34-53(35-32-47)70-62-29-15-13-27-58(62)60-42-48(33-37-64(60)70)49-40-56(43-57(41-49)68(51-22-9-3-10-23-51)55-26-17-39-66-45-55)67(50-20-7-2-8-21-50)54-36-38-65-61(44-54)59-28-14-16-30-63(59)69(65)52-24-11-4-12-25-52;1-4-22-50(23-5-1)65(53-35-32-44-18-10-12-20-46(44)38-53)55-40-49(41-56(43-55)66(51-24-6-2-7-25-51)54-36-33-45-19-11-13-21-47(45)39-54)48-34-37-62-61(42-48)63-59-30-16-14-28-57(59)58-29-15-17-31-60(58)64(63)67(62)52-26-8-3-9-27-52/h1-45H;1-43H. The third-order valence-corrected chi connectivity index (χ3v) is 26.9. The van der Waals surface area contributed by atoms with E-state index in [0.717, 1.165) is 119 Å². The van der Waals surface area contributed by atoms with Gasteiger partial charge in [-0.1, -0.05) is 309 Å². The van der Waals surface area contributed by atoms with E-state index in [2.05, 4.69) is 554 Å². The predicted molar refractivity (Wildman–Crippen MR) is 579 cm³/mol. The van der Waals surface area contributed by atoms with E-state index in [4.69, 9.17) is 0 Å². The fourth-order valence-electron chi connectivity index (χ4n) is 20.8. The van der Waals surface area contributed by atoms with Gasteiger partial charge in [-0.3, -0.25) is 4.98 Å². The quantitative estimate of drug-likeness (QED) is 0.0801. The Bertz CT molecular complexity index is 8840. The van der Waals surface area contributed by atoms with Crippen LogP contribution in [-0.2, 0) is 0 Å². The number of benzene rings is 22. The molecule has 0 aliphatic carbocycles. The lowest BCUT2D eigenvalue weighted by molar-refractivity contribution is 1.18. The number of nitrogens with zero attached hydrogens (tertiary/aromatic N) is 8. The van der Waals surface area contributed by atoms with Crippen molar-refractivity contribution < 1.29 is 0 Å². The van der Waals surface area contributed by atoms with Crippen molar-refractivity contribution in [2.24, 2.45) is 0 Å². The first-order valence-electron chi connectivity index (χ1n) is 46.8. The molecule has 26 rings (SSSR count). The van der Waals surface area contributed by atoms with E-state index in [9.17, 15) is 0 Å². The molecule has 0 fully saturated rings. The lowest BCUT2D eigenvalue weighted by Crippen LogP contribution is -2.13. The average Bonchev–Trinajstić information content (AvgIpc) is 1.55. The second-order valence-electron chi connectivity index (χ2n) is 35.0. The van der Waals surface area contributed by atoms with Crippen molar-refractivity contribution in [2.75, 3.05) is 19.6 Å². The number of fused-ring (bicyclic) bond motifs is 16. The van der Waals surface area contributed by atoms with Crippen LogP contribution in [0.15, 0.2) is 534 Å². The van der Waals surface area contributed by atoms with E-state index in [-0.39, 0.29) is 0 Å². The van der Waals surface area contributed by atoms with E-state index in [1.54, 1.807) is 0 Å². The van der Waals surface area contributed by atoms with Crippen molar-refractivity contribution in [1.82, 2.24) is 18.7 Å². The zero-order chi connectivity index (χ0) is 90.6. The number of anilines is 12. The van der Waals surface area contributed by atoms with Gasteiger partial charge in [0.05, 0.1) is 45.0 Å². The summed E-state index contributed by atoms with van der Waals surface area (Å²) in [5, 5.41) is 17.1. The fraction of sp³-hybridized carbons (Fsp3) is 0. The van der Waals surface area contributed by atoms with E-state index < -0.39 is 0 Å². The van der Waals surface area contributed by atoms with Gasteiger partial charge in [0.15, 0.2) is 0 Å². The molecule has 22 aromatic carbocycles. The lowest BCUT2D eigenvalue weighted by atomic mass is 9.95. The molecule has 0 saturated heterocycles. The van der Waals surface area contributed by atoms with Crippen LogP contribution in [0.5, 0.6) is 0 Å². The highest BCUT2D eigenvalue weighted by atomic mass is 15.2. The van der Waals surface area contributed by atoms with Crippen LogP contribution >= 0.6 is 0 Å². The average molecular weight is 1750 g/mol. The number of pyridine rings is 1. The lowest BCUT2D eigenvalue weighted by Gasteiger charge is -2.30. The largest absolute Gasteiger partial charge is 0.310 e. The number of hydrogen-bond donors (Lipinski definition) is 0. The summed E-state index contributed by atoms with van der Waals surface area (Å²) >= 11 is 0. The smallest absolute Gasteiger partial charge is 0.0644 e. The Morgan fingerprint density at radius 2 is 0.474 bits per heavy atom. The minimum Gasteiger partial charge on any atom is -0.310 e. The molecule has 137 heavy (non-hydrogen) atoms. The SMILES string of the molecule is c1ccc(-c2ccc(-n3c4ccccc4c4cc(-c5cc(N(c6ccccc6)c6cccnc6)cc(N(c6ccccc6)c6ccc7c(c6)c6ccccc6n7-c6ccccc6)c5)ccc43)cc2)cc1.c1ccc(N(c2cc(-c3ccc4c(c3)c3c5ccccc5c5ccccc5c3n4-c3ccccc3)cc(N(c3ccccc3)c3ccc4ccccc4c3)c2)c2ccc3ccccc3c2)cc1. The molecule has 0 aliphatic heterocycles. The van der Waals surface area contributed by atoms with Gasteiger partial charge in [-0.25, -0.2) is 0 Å².